The summed E-state index contributed by atoms with van der Waals surface area (Å²) in [5.41, 5.74) is -2.99. The molecule has 0 amide bonds. The van der Waals surface area contributed by atoms with Crippen molar-refractivity contribution < 1.29 is 43.8 Å². The highest BCUT2D eigenvalue weighted by molar-refractivity contribution is 8.29. The standard InChI is InChI=1S/C54H26O9P2/c1-4-7-10-13-16-19-22-24-27-30-33-36-39-44-54-45-40-43-51(54)48(41-37-34-31-28-26-23-20-17-14-11-8-5-2)46-52(64(58,63-62-57)65(59,60)61)50(47-54)49(53(55)56)42-38-35-32-29-25-21-18-15-12-9-6-3/h2,48-52,57H,40,43,45-47H2,1,3H3,(H,55,56)(H2,59,60,61). The van der Waals surface area contributed by atoms with E-state index in [1.807, 2.05) is 0 Å². The first-order valence-corrected chi connectivity index (χ1v) is 22.2. The predicted octanol–water partition coefficient (Wildman–Crippen LogP) is 3.40. The van der Waals surface area contributed by atoms with Crippen molar-refractivity contribution >= 4 is 20.3 Å². The van der Waals surface area contributed by atoms with Gasteiger partial charge >= 0.3 is 20.3 Å². The maximum absolute atomic E-state index is 14.4. The van der Waals surface area contributed by atoms with E-state index in [9.17, 15) is 34.1 Å². The van der Waals surface area contributed by atoms with E-state index in [2.05, 4.69) is 241 Å². The van der Waals surface area contributed by atoms with Gasteiger partial charge in [-0.25, -0.2) is 9.82 Å². The van der Waals surface area contributed by atoms with Crippen LogP contribution in [0.1, 0.15) is 46.0 Å². The Labute approximate surface area is 380 Å². The number of carboxylic acids is 1. The van der Waals surface area contributed by atoms with Crippen molar-refractivity contribution in [3.8, 4) is 237 Å². The molecule has 65 heavy (non-hydrogen) atoms. The molecule has 0 aliphatic heterocycles. The van der Waals surface area contributed by atoms with Crippen molar-refractivity contribution in [3.05, 3.63) is 0 Å². The quantitative estimate of drug-likeness (QED) is 0.136. The van der Waals surface area contributed by atoms with Gasteiger partial charge in [-0.15, -0.1) is 11.1 Å². The number of terminal acetylenes is 1. The summed E-state index contributed by atoms with van der Waals surface area (Å²) >= 11 is 0. The fourth-order valence-corrected chi connectivity index (χ4v) is 10.5. The van der Waals surface area contributed by atoms with Crippen molar-refractivity contribution in [2.24, 2.45) is 29.1 Å². The lowest BCUT2D eigenvalue weighted by atomic mass is 9.68. The fraction of sp³-hybridized carbons (Fsp3) is 0.241. The lowest BCUT2D eigenvalue weighted by molar-refractivity contribution is -0.439. The van der Waals surface area contributed by atoms with Crippen LogP contribution in [-0.2, 0) is 23.6 Å². The smallest absolute Gasteiger partial charge is 0.410 e. The molecule has 0 bridgehead atoms. The molecule has 2 aliphatic carbocycles. The Bertz CT molecular complexity index is 3380. The van der Waals surface area contributed by atoms with Crippen LogP contribution in [-0.4, -0.2) is 31.8 Å². The molecule has 9 nitrogen and oxygen atoms in total. The van der Waals surface area contributed by atoms with Crippen LogP contribution in [0.25, 0.3) is 0 Å². The third-order valence-corrected chi connectivity index (χ3v) is 14.2. The molecule has 11 heteroatoms. The summed E-state index contributed by atoms with van der Waals surface area (Å²) < 4.78 is 32.0. The molecule has 0 saturated heterocycles. The van der Waals surface area contributed by atoms with Gasteiger partial charge in [0.15, 0.2) is 0 Å². The largest absolute Gasteiger partial charge is 0.480 e. The molecule has 0 spiro atoms. The molecule has 4 N–H and O–H groups in total. The normalized spacial score (nSPS) is 17.9. The maximum atomic E-state index is 14.4. The van der Waals surface area contributed by atoms with E-state index in [-0.39, 0.29) is 6.42 Å². The van der Waals surface area contributed by atoms with Crippen molar-refractivity contribution in [2.75, 3.05) is 0 Å². The Morgan fingerprint density at radius 2 is 1.05 bits per heavy atom. The Kier molecular flexibility index (Phi) is 24.1. The van der Waals surface area contributed by atoms with Crippen LogP contribution in [0.3, 0.4) is 0 Å². The minimum atomic E-state index is -5.85. The third-order valence-electron chi connectivity index (χ3n) is 8.53. The molecule has 7 atom stereocenters. The number of carbonyl (C=O) groups is 1. The Morgan fingerprint density at radius 3 is 1.46 bits per heavy atom. The molecule has 2 rings (SSSR count). The summed E-state index contributed by atoms with van der Waals surface area (Å²) in [5, 5.41) is 23.6. The van der Waals surface area contributed by atoms with Crippen molar-refractivity contribution in [3.63, 3.8) is 0 Å². The fourth-order valence-electron chi connectivity index (χ4n) is 6.27. The van der Waals surface area contributed by atoms with E-state index in [4.69, 9.17) is 6.42 Å². The highest BCUT2D eigenvalue weighted by Crippen LogP contribution is 2.83. The van der Waals surface area contributed by atoms with Crippen LogP contribution in [0.15, 0.2) is 0 Å². The zero-order valence-electron chi connectivity index (χ0n) is 34.2. The highest BCUT2D eigenvalue weighted by Gasteiger charge is 2.62. The van der Waals surface area contributed by atoms with Crippen LogP contribution in [0.2, 0.25) is 0 Å². The van der Waals surface area contributed by atoms with Gasteiger partial charge in [-0.1, -0.05) is 41.1 Å². The number of aliphatic carboxylic acids is 1. The van der Waals surface area contributed by atoms with Gasteiger partial charge in [0.1, 0.15) is 5.92 Å². The van der Waals surface area contributed by atoms with Crippen molar-refractivity contribution in [1.29, 1.82) is 0 Å². The first-order chi connectivity index (χ1) is 31.5. The highest BCUT2D eigenvalue weighted by atomic mass is 32.1. The van der Waals surface area contributed by atoms with Gasteiger partial charge in [0.2, 0.25) is 0 Å². The van der Waals surface area contributed by atoms with E-state index in [0.29, 0.717) is 19.3 Å². The van der Waals surface area contributed by atoms with Crippen LogP contribution in [0.4, 0.5) is 0 Å². The number of hydrogen-bond donors (Lipinski definition) is 4. The zero-order chi connectivity index (χ0) is 47.5. The number of fused-ring (bicyclic) bond motifs is 1. The van der Waals surface area contributed by atoms with Gasteiger partial charge in [0.25, 0.3) is 0 Å². The first-order valence-electron chi connectivity index (χ1n) is 18.2. The van der Waals surface area contributed by atoms with Crippen LogP contribution >= 0.6 is 14.3 Å². The Balaban J connectivity index is 2.86. The van der Waals surface area contributed by atoms with Gasteiger partial charge in [0, 0.05) is 11.3 Å². The predicted molar refractivity (Wildman–Crippen MR) is 243 cm³/mol. The van der Waals surface area contributed by atoms with E-state index in [0.717, 1.165) is 0 Å². The number of hydrogen-bond acceptors (Lipinski definition) is 6. The monoisotopic (exact) mass is 880 g/mol. The van der Waals surface area contributed by atoms with E-state index >= 15 is 0 Å². The number of carboxylic acid groups (broad SMARTS) is 1. The second-order valence-electron chi connectivity index (χ2n) is 12.2. The van der Waals surface area contributed by atoms with Gasteiger partial charge < -0.3 is 14.9 Å². The van der Waals surface area contributed by atoms with Crippen molar-refractivity contribution in [1.82, 2.24) is 0 Å². The van der Waals surface area contributed by atoms with Crippen LogP contribution in [0, 0.1) is 266 Å². The molecule has 2 fully saturated rings. The molecule has 0 aromatic rings. The lowest BCUT2D eigenvalue weighted by Crippen LogP contribution is -2.35. The lowest BCUT2D eigenvalue weighted by Gasteiger charge is -2.35. The van der Waals surface area contributed by atoms with E-state index in [1.54, 1.807) is 13.8 Å². The molecule has 0 heterocycles. The van der Waals surface area contributed by atoms with Gasteiger partial charge in [-0.3, -0.25) is 9.36 Å². The van der Waals surface area contributed by atoms with Crippen molar-refractivity contribution in [2.45, 2.75) is 51.6 Å². The topological polar surface area (TPSA) is 151 Å². The van der Waals surface area contributed by atoms with Gasteiger partial charge in [-0.05, 0) is 253 Å². The average molecular weight is 881 g/mol. The molecule has 2 aliphatic rings. The van der Waals surface area contributed by atoms with Crippen LogP contribution in [0.5, 0.6) is 0 Å². The van der Waals surface area contributed by atoms with Crippen LogP contribution < -0.4 is 0 Å². The van der Waals surface area contributed by atoms with E-state index in [1.165, 1.54) is 0 Å². The summed E-state index contributed by atoms with van der Waals surface area (Å²) in [6.07, 6.45) is 5.69. The Morgan fingerprint density at radius 1 is 0.631 bits per heavy atom. The Hall–Kier alpha value is -9.07. The average Bonchev–Trinajstić information content (AvgIpc) is 3.63. The third kappa shape index (κ3) is 18.6. The first kappa shape index (κ1) is 52.1. The molecule has 0 aromatic heterocycles. The zero-order valence-corrected chi connectivity index (χ0v) is 36.0. The molecular formula is C54H26O9P2. The summed E-state index contributed by atoms with van der Waals surface area (Å²) in [4.78, 5) is 34.0. The minimum Gasteiger partial charge on any atom is -0.480 e. The second kappa shape index (κ2) is 30.0. The van der Waals surface area contributed by atoms with E-state index < -0.39 is 61.5 Å². The molecule has 7 unspecified atom stereocenters. The summed E-state index contributed by atoms with van der Waals surface area (Å²) in [5.74, 6) is 91.9. The van der Waals surface area contributed by atoms with Gasteiger partial charge in [0.05, 0.1) is 5.66 Å². The molecule has 306 valence electrons. The maximum Gasteiger partial charge on any atom is 0.410 e. The van der Waals surface area contributed by atoms with Gasteiger partial charge in [-0.2, -0.15) is 0 Å². The second-order valence-corrected chi connectivity index (χ2v) is 18.4. The summed E-state index contributed by atoms with van der Waals surface area (Å²) in [6, 6.07) is 0. The molecule has 0 aromatic carbocycles. The number of rotatable bonds is 6. The molecule has 2 saturated carbocycles. The molecule has 0 radical (unpaired) electrons. The summed E-state index contributed by atoms with van der Waals surface area (Å²) in [6.45, 7) is 3.26. The summed E-state index contributed by atoms with van der Waals surface area (Å²) in [7, 11) is -11.3. The minimum absolute atomic E-state index is 0.249. The molecular weight excluding hydrogens is 855 g/mol. The SMILES string of the molecule is C#CC#CC#CC#CC#CC#CC#CC1CC(P(=O)(OOO)P(=O)(O)O)C(C(C#CC#CC#CC#CC#CC#CC)C(=O)O)CC2(C#CC#CC#CC#CC#CC#CC#CC)CCCC12.